The molecule has 0 aromatic heterocycles. The Morgan fingerprint density at radius 1 is 1.20 bits per heavy atom. The van der Waals surface area contributed by atoms with Crippen LogP contribution < -0.4 is 16.4 Å². The molecule has 1 atom stereocenters. The number of anilines is 1. The van der Waals surface area contributed by atoms with Gasteiger partial charge in [-0.3, -0.25) is 4.79 Å². The zero-order valence-electron chi connectivity index (χ0n) is 10.9. The molecule has 0 fully saturated rings. The minimum Gasteiger partial charge on any atom is -0.479 e. The van der Waals surface area contributed by atoms with E-state index in [1.54, 1.807) is 19.2 Å². The van der Waals surface area contributed by atoms with E-state index in [9.17, 15) is 9.59 Å². The lowest BCUT2D eigenvalue weighted by Gasteiger charge is -2.14. The van der Waals surface area contributed by atoms with E-state index in [1.807, 2.05) is 24.3 Å². The van der Waals surface area contributed by atoms with Crippen LogP contribution in [0.5, 0.6) is 0 Å². The molecule has 0 radical (unpaired) electrons. The van der Waals surface area contributed by atoms with Gasteiger partial charge in [0, 0.05) is 12.7 Å². The minimum atomic E-state index is -1.44. The first-order valence-corrected chi connectivity index (χ1v) is 6.03. The SMILES string of the molecule is CNc1ccc2ccccc2c1C(=O)NC(N)C(=O)O. The fourth-order valence-corrected chi connectivity index (χ4v) is 2.00. The fourth-order valence-electron chi connectivity index (χ4n) is 2.00. The summed E-state index contributed by atoms with van der Waals surface area (Å²) in [4.78, 5) is 23.0. The molecule has 0 spiro atoms. The maximum Gasteiger partial charge on any atom is 0.341 e. The average Bonchev–Trinajstić information content (AvgIpc) is 2.45. The molecule has 5 N–H and O–H groups in total. The Morgan fingerprint density at radius 2 is 1.90 bits per heavy atom. The van der Waals surface area contributed by atoms with E-state index >= 15 is 0 Å². The summed E-state index contributed by atoms with van der Waals surface area (Å²) in [5.74, 6) is -1.81. The molecule has 0 saturated heterocycles. The first kappa shape index (κ1) is 13.8. The summed E-state index contributed by atoms with van der Waals surface area (Å²) in [5.41, 5.74) is 6.33. The Hall–Kier alpha value is -2.60. The second-order valence-corrected chi connectivity index (χ2v) is 4.25. The highest BCUT2D eigenvalue weighted by Crippen LogP contribution is 2.25. The lowest BCUT2D eigenvalue weighted by molar-refractivity contribution is -0.139. The third kappa shape index (κ3) is 2.55. The van der Waals surface area contributed by atoms with Gasteiger partial charge in [-0.1, -0.05) is 30.3 Å². The van der Waals surface area contributed by atoms with E-state index in [1.165, 1.54) is 0 Å². The number of aliphatic carboxylic acids is 1. The van der Waals surface area contributed by atoms with Gasteiger partial charge in [0.1, 0.15) is 0 Å². The molecule has 6 heteroatoms. The van der Waals surface area contributed by atoms with Gasteiger partial charge in [-0.2, -0.15) is 0 Å². The number of carbonyl (C=O) groups excluding carboxylic acids is 1. The molecule has 2 rings (SSSR count). The van der Waals surface area contributed by atoms with Crippen LogP contribution in [0.3, 0.4) is 0 Å². The largest absolute Gasteiger partial charge is 0.479 e. The van der Waals surface area contributed by atoms with Gasteiger partial charge in [0.2, 0.25) is 0 Å². The molecule has 1 amide bonds. The summed E-state index contributed by atoms with van der Waals surface area (Å²) < 4.78 is 0. The maximum atomic E-state index is 12.3. The molecule has 0 aliphatic rings. The van der Waals surface area contributed by atoms with Crippen LogP contribution in [0.4, 0.5) is 5.69 Å². The Balaban J connectivity index is 2.50. The lowest BCUT2D eigenvalue weighted by Crippen LogP contribution is -2.47. The minimum absolute atomic E-state index is 0.377. The number of benzene rings is 2. The number of fused-ring (bicyclic) bond motifs is 1. The van der Waals surface area contributed by atoms with Gasteiger partial charge in [0.25, 0.3) is 5.91 Å². The standard InChI is InChI=1S/C14H15N3O3/c1-16-10-7-6-8-4-2-3-5-9(8)11(10)13(18)17-12(15)14(19)20/h2-7,12,16H,15H2,1H3,(H,17,18)(H,19,20). The predicted octanol–water partition coefficient (Wildman–Crippen LogP) is 0.981. The number of nitrogens with two attached hydrogens (primary N) is 1. The average molecular weight is 273 g/mol. The van der Waals surface area contributed by atoms with Crippen LogP contribution in [0.2, 0.25) is 0 Å². The maximum absolute atomic E-state index is 12.3. The van der Waals surface area contributed by atoms with Gasteiger partial charge in [0.15, 0.2) is 6.17 Å². The number of rotatable bonds is 4. The molecular formula is C14H15N3O3. The topological polar surface area (TPSA) is 104 Å². The molecule has 104 valence electrons. The van der Waals surface area contributed by atoms with E-state index in [4.69, 9.17) is 10.8 Å². The van der Waals surface area contributed by atoms with Crippen molar-refractivity contribution in [2.75, 3.05) is 12.4 Å². The van der Waals surface area contributed by atoms with Gasteiger partial charge >= 0.3 is 5.97 Å². The van der Waals surface area contributed by atoms with Gasteiger partial charge in [0.05, 0.1) is 5.56 Å². The van der Waals surface area contributed by atoms with E-state index in [2.05, 4.69) is 10.6 Å². The fraction of sp³-hybridized carbons (Fsp3) is 0.143. The third-order valence-corrected chi connectivity index (χ3v) is 2.98. The van der Waals surface area contributed by atoms with Crippen LogP contribution in [-0.2, 0) is 4.79 Å². The van der Waals surface area contributed by atoms with Crippen molar-refractivity contribution in [3.8, 4) is 0 Å². The highest BCUT2D eigenvalue weighted by atomic mass is 16.4. The Morgan fingerprint density at radius 3 is 2.55 bits per heavy atom. The summed E-state index contributed by atoms with van der Waals surface area (Å²) in [7, 11) is 1.69. The van der Waals surface area contributed by atoms with Crippen molar-refractivity contribution in [3.05, 3.63) is 42.0 Å². The normalized spacial score (nSPS) is 11.9. The molecule has 2 aromatic carbocycles. The molecule has 2 aromatic rings. The van der Waals surface area contributed by atoms with Gasteiger partial charge in [-0.15, -0.1) is 0 Å². The summed E-state index contributed by atoms with van der Waals surface area (Å²) in [6.07, 6.45) is -1.44. The van der Waals surface area contributed by atoms with E-state index in [0.717, 1.165) is 10.8 Å². The number of carbonyl (C=O) groups is 2. The van der Waals surface area contributed by atoms with E-state index in [-0.39, 0.29) is 0 Å². The van der Waals surface area contributed by atoms with Crippen molar-refractivity contribution < 1.29 is 14.7 Å². The van der Waals surface area contributed by atoms with Crippen molar-refractivity contribution in [1.82, 2.24) is 5.32 Å². The number of carboxylic acids is 1. The van der Waals surface area contributed by atoms with Crippen LogP contribution in [0, 0.1) is 0 Å². The quantitative estimate of drug-likeness (QED) is 0.622. The van der Waals surface area contributed by atoms with E-state index in [0.29, 0.717) is 11.3 Å². The van der Waals surface area contributed by atoms with Crippen LogP contribution in [0.1, 0.15) is 10.4 Å². The molecule has 1 unspecified atom stereocenters. The molecule has 0 aliphatic heterocycles. The second-order valence-electron chi connectivity index (χ2n) is 4.25. The summed E-state index contributed by atoms with van der Waals surface area (Å²) in [5, 5.41) is 15.6. The molecule has 0 saturated carbocycles. The molecular weight excluding hydrogens is 258 g/mol. The van der Waals surface area contributed by atoms with Crippen molar-refractivity contribution in [2.45, 2.75) is 6.17 Å². The zero-order valence-corrected chi connectivity index (χ0v) is 10.9. The first-order chi connectivity index (χ1) is 9.54. The Bertz CT molecular complexity index is 670. The summed E-state index contributed by atoms with van der Waals surface area (Å²) >= 11 is 0. The highest BCUT2D eigenvalue weighted by molar-refractivity contribution is 6.12. The molecule has 6 nitrogen and oxygen atoms in total. The number of amides is 1. The highest BCUT2D eigenvalue weighted by Gasteiger charge is 2.20. The molecule has 0 bridgehead atoms. The van der Waals surface area contributed by atoms with Gasteiger partial charge in [-0.05, 0) is 16.8 Å². The van der Waals surface area contributed by atoms with Crippen LogP contribution >= 0.6 is 0 Å². The molecule has 0 heterocycles. The third-order valence-electron chi connectivity index (χ3n) is 2.98. The lowest BCUT2D eigenvalue weighted by atomic mass is 10.0. The number of nitrogens with one attached hydrogen (secondary N) is 2. The predicted molar refractivity (Wildman–Crippen MR) is 76.6 cm³/mol. The van der Waals surface area contributed by atoms with Crippen LogP contribution in [0.25, 0.3) is 10.8 Å². The Labute approximate surface area is 115 Å². The Kier molecular flexibility index (Phi) is 3.86. The number of hydrogen-bond acceptors (Lipinski definition) is 4. The number of hydrogen-bond donors (Lipinski definition) is 4. The second kappa shape index (κ2) is 5.58. The van der Waals surface area contributed by atoms with E-state index < -0.39 is 18.0 Å². The van der Waals surface area contributed by atoms with Crippen molar-refractivity contribution >= 4 is 28.3 Å². The first-order valence-electron chi connectivity index (χ1n) is 6.03. The van der Waals surface area contributed by atoms with Crippen molar-refractivity contribution in [3.63, 3.8) is 0 Å². The molecule has 0 aliphatic carbocycles. The van der Waals surface area contributed by atoms with Crippen molar-refractivity contribution in [1.29, 1.82) is 0 Å². The van der Waals surface area contributed by atoms with Gasteiger partial charge < -0.3 is 21.5 Å². The monoisotopic (exact) mass is 273 g/mol. The molecule has 20 heavy (non-hydrogen) atoms. The number of carboxylic acid groups (broad SMARTS) is 1. The van der Waals surface area contributed by atoms with Crippen molar-refractivity contribution in [2.24, 2.45) is 5.73 Å². The zero-order chi connectivity index (χ0) is 14.7. The van der Waals surface area contributed by atoms with Crippen LogP contribution in [0.15, 0.2) is 36.4 Å². The summed E-state index contributed by atoms with van der Waals surface area (Å²) in [6.45, 7) is 0. The van der Waals surface area contributed by atoms with Crippen LogP contribution in [-0.4, -0.2) is 30.2 Å². The summed E-state index contributed by atoms with van der Waals surface area (Å²) in [6, 6.07) is 11.0. The van der Waals surface area contributed by atoms with Gasteiger partial charge in [-0.25, -0.2) is 4.79 Å². The smallest absolute Gasteiger partial charge is 0.341 e.